The summed E-state index contributed by atoms with van der Waals surface area (Å²) in [6, 6.07) is 6.75. The summed E-state index contributed by atoms with van der Waals surface area (Å²) in [5.41, 5.74) is 2.43. The molecule has 0 aromatic carbocycles. The number of carbonyl (C=O) groups excluding carboxylic acids is 1. The standard InChI is InChI=1S/C17H15FN4O/c18-13-4-6-16-20-14(10-22(16)9-13)7-17(23)21-15-5-3-12(8-19-15)11-1-2-11/h3-6,8-11H,1-2,7H2,(H,19,21,23). The van der Waals surface area contributed by atoms with Gasteiger partial charge in [-0.1, -0.05) is 6.07 Å². The molecule has 0 aliphatic heterocycles. The maximum absolute atomic E-state index is 13.2. The molecule has 1 aliphatic rings. The molecule has 3 aromatic heterocycles. The Labute approximate surface area is 132 Å². The largest absolute Gasteiger partial charge is 0.310 e. The fourth-order valence-electron chi connectivity index (χ4n) is 2.59. The van der Waals surface area contributed by atoms with E-state index in [-0.39, 0.29) is 18.1 Å². The molecule has 3 aromatic rings. The van der Waals surface area contributed by atoms with E-state index in [0.29, 0.717) is 23.1 Å². The van der Waals surface area contributed by atoms with Crippen molar-refractivity contribution >= 4 is 17.4 Å². The number of rotatable bonds is 4. The van der Waals surface area contributed by atoms with Crippen molar-refractivity contribution in [3.8, 4) is 0 Å². The van der Waals surface area contributed by atoms with Crippen LogP contribution in [0.25, 0.3) is 5.65 Å². The van der Waals surface area contributed by atoms with E-state index in [0.717, 1.165) is 0 Å². The molecular weight excluding hydrogens is 295 g/mol. The van der Waals surface area contributed by atoms with Gasteiger partial charge in [0.15, 0.2) is 0 Å². The van der Waals surface area contributed by atoms with Crippen molar-refractivity contribution in [2.24, 2.45) is 0 Å². The Balaban J connectivity index is 1.43. The van der Waals surface area contributed by atoms with E-state index in [1.54, 1.807) is 16.7 Å². The minimum atomic E-state index is -0.342. The molecule has 1 fully saturated rings. The first-order chi connectivity index (χ1) is 11.2. The number of hydrogen-bond donors (Lipinski definition) is 1. The average Bonchev–Trinajstić information content (AvgIpc) is 3.29. The van der Waals surface area contributed by atoms with Crippen LogP contribution in [0.5, 0.6) is 0 Å². The van der Waals surface area contributed by atoms with Crippen LogP contribution >= 0.6 is 0 Å². The molecule has 0 saturated heterocycles. The van der Waals surface area contributed by atoms with E-state index in [1.165, 1.54) is 30.7 Å². The van der Waals surface area contributed by atoms with Crippen LogP contribution < -0.4 is 5.32 Å². The lowest BCUT2D eigenvalue weighted by atomic mass is 10.2. The number of fused-ring (bicyclic) bond motifs is 1. The maximum Gasteiger partial charge on any atom is 0.231 e. The Hall–Kier alpha value is -2.76. The summed E-state index contributed by atoms with van der Waals surface area (Å²) in [6.45, 7) is 0. The van der Waals surface area contributed by atoms with Gasteiger partial charge in [0.2, 0.25) is 5.91 Å². The topological polar surface area (TPSA) is 59.3 Å². The van der Waals surface area contributed by atoms with Crippen molar-refractivity contribution in [2.75, 3.05) is 5.32 Å². The average molecular weight is 310 g/mol. The van der Waals surface area contributed by atoms with Crippen LogP contribution in [0.3, 0.4) is 0 Å². The molecule has 3 heterocycles. The Morgan fingerprint density at radius 1 is 1.26 bits per heavy atom. The van der Waals surface area contributed by atoms with E-state index in [2.05, 4.69) is 15.3 Å². The summed E-state index contributed by atoms with van der Waals surface area (Å²) in [5, 5.41) is 2.76. The Bertz CT molecular complexity index is 868. The summed E-state index contributed by atoms with van der Waals surface area (Å²) in [5.74, 6) is 0.645. The van der Waals surface area contributed by atoms with Gasteiger partial charge in [-0.2, -0.15) is 0 Å². The number of amides is 1. The summed E-state index contributed by atoms with van der Waals surface area (Å²) in [7, 11) is 0. The van der Waals surface area contributed by atoms with Crippen LogP contribution in [-0.2, 0) is 11.2 Å². The highest BCUT2D eigenvalue weighted by Gasteiger charge is 2.23. The van der Waals surface area contributed by atoms with E-state index >= 15 is 0 Å². The zero-order valence-corrected chi connectivity index (χ0v) is 12.4. The van der Waals surface area contributed by atoms with E-state index < -0.39 is 0 Å². The van der Waals surface area contributed by atoms with Crippen molar-refractivity contribution in [2.45, 2.75) is 25.2 Å². The molecule has 0 unspecified atom stereocenters. The first-order valence-electron chi connectivity index (χ1n) is 7.56. The smallest absolute Gasteiger partial charge is 0.231 e. The summed E-state index contributed by atoms with van der Waals surface area (Å²) in [6.07, 6.45) is 7.38. The Morgan fingerprint density at radius 2 is 2.13 bits per heavy atom. The highest BCUT2D eigenvalue weighted by Crippen LogP contribution is 2.39. The van der Waals surface area contributed by atoms with Gasteiger partial charge < -0.3 is 9.72 Å². The lowest BCUT2D eigenvalue weighted by molar-refractivity contribution is -0.115. The van der Waals surface area contributed by atoms with Crippen molar-refractivity contribution in [1.82, 2.24) is 14.4 Å². The zero-order chi connectivity index (χ0) is 15.8. The van der Waals surface area contributed by atoms with Gasteiger partial charge in [-0.05, 0) is 42.5 Å². The van der Waals surface area contributed by atoms with Crippen LogP contribution in [0.4, 0.5) is 10.2 Å². The number of aromatic nitrogens is 3. The molecule has 0 atom stereocenters. The second-order valence-electron chi connectivity index (χ2n) is 5.82. The number of nitrogens with one attached hydrogen (secondary N) is 1. The van der Waals surface area contributed by atoms with Crippen molar-refractivity contribution in [1.29, 1.82) is 0 Å². The molecule has 23 heavy (non-hydrogen) atoms. The first kappa shape index (κ1) is 13.9. The zero-order valence-electron chi connectivity index (χ0n) is 12.4. The van der Waals surface area contributed by atoms with E-state index in [4.69, 9.17) is 0 Å². The predicted molar refractivity (Wildman–Crippen MR) is 83.7 cm³/mol. The van der Waals surface area contributed by atoms with E-state index in [1.807, 2.05) is 18.3 Å². The van der Waals surface area contributed by atoms with Gasteiger partial charge in [-0.3, -0.25) is 4.79 Å². The molecule has 1 aliphatic carbocycles. The van der Waals surface area contributed by atoms with Crippen LogP contribution in [0.2, 0.25) is 0 Å². The molecular formula is C17H15FN4O. The summed E-state index contributed by atoms with van der Waals surface area (Å²) >= 11 is 0. The third-order valence-electron chi connectivity index (χ3n) is 3.91. The molecule has 1 saturated carbocycles. The quantitative estimate of drug-likeness (QED) is 0.806. The van der Waals surface area contributed by atoms with Crippen molar-refractivity contribution in [3.63, 3.8) is 0 Å². The number of nitrogens with zero attached hydrogens (tertiary/aromatic N) is 3. The molecule has 1 amide bonds. The summed E-state index contributed by atoms with van der Waals surface area (Å²) in [4.78, 5) is 20.6. The second-order valence-corrected chi connectivity index (χ2v) is 5.82. The molecule has 0 radical (unpaired) electrons. The molecule has 4 rings (SSSR count). The van der Waals surface area contributed by atoms with Crippen LogP contribution in [0, 0.1) is 5.82 Å². The van der Waals surface area contributed by atoms with Gasteiger partial charge in [0.1, 0.15) is 17.3 Å². The highest BCUT2D eigenvalue weighted by atomic mass is 19.1. The Kier molecular flexibility index (Phi) is 3.29. The van der Waals surface area contributed by atoms with Gasteiger partial charge in [-0.15, -0.1) is 0 Å². The third kappa shape index (κ3) is 3.06. The number of hydrogen-bond acceptors (Lipinski definition) is 3. The summed E-state index contributed by atoms with van der Waals surface area (Å²) < 4.78 is 14.7. The number of anilines is 1. The fraction of sp³-hybridized carbons (Fsp3) is 0.235. The monoisotopic (exact) mass is 310 g/mol. The number of imidazole rings is 1. The Morgan fingerprint density at radius 3 is 2.87 bits per heavy atom. The number of carbonyl (C=O) groups is 1. The molecule has 116 valence electrons. The molecule has 6 heteroatoms. The van der Waals surface area contributed by atoms with Crippen LogP contribution in [-0.4, -0.2) is 20.3 Å². The maximum atomic E-state index is 13.2. The van der Waals surface area contributed by atoms with E-state index in [9.17, 15) is 9.18 Å². The third-order valence-corrected chi connectivity index (χ3v) is 3.91. The highest BCUT2D eigenvalue weighted by molar-refractivity contribution is 5.91. The lowest BCUT2D eigenvalue weighted by Gasteiger charge is -2.04. The second kappa shape index (κ2) is 5.46. The number of pyridine rings is 2. The van der Waals surface area contributed by atoms with Gasteiger partial charge in [-0.25, -0.2) is 14.4 Å². The van der Waals surface area contributed by atoms with Crippen LogP contribution in [0.1, 0.15) is 30.0 Å². The van der Waals surface area contributed by atoms with Gasteiger partial charge in [0.25, 0.3) is 0 Å². The SMILES string of the molecule is O=C(Cc1cn2cc(F)ccc2n1)Nc1ccc(C2CC2)cn1. The van der Waals surface area contributed by atoms with Gasteiger partial charge in [0, 0.05) is 18.6 Å². The normalized spacial score (nSPS) is 14.1. The van der Waals surface area contributed by atoms with Crippen molar-refractivity contribution < 1.29 is 9.18 Å². The van der Waals surface area contributed by atoms with Crippen LogP contribution in [0.15, 0.2) is 42.9 Å². The van der Waals surface area contributed by atoms with Gasteiger partial charge in [0.05, 0.1) is 12.1 Å². The lowest BCUT2D eigenvalue weighted by Crippen LogP contribution is -2.15. The molecule has 5 nitrogen and oxygen atoms in total. The molecule has 0 spiro atoms. The minimum absolute atomic E-state index is 0.120. The predicted octanol–water partition coefficient (Wildman–Crippen LogP) is 2.93. The van der Waals surface area contributed by atoms with Gasteiger partial charge >= 0.3 is 0 Å². The first-order valence-corrected chi connectivity index (χ1v) is 7.56. The fourth-order valence-corrected chi connectivity index (χ4v) is 2.59. The van der Waals surface area contributed by atoms with Crippen molar-refractivity contribution in [3.05, 3.63) is 59.9 Å². The number of halogens is 1. The minimum Gasteiger partial charge on any atom is -0.310 e. The molecule has 0 bridgehead atoms. The molecule has 1 N–H and O–H groups in total.